The Hall–Kier alpha value is -3.26. The fraction of sp³-hybridized carbons (Fsp3) is 0.391. The number of pyridine rings is 1. The molecule has 0 fully saturated rings. The third-order valence-corrected chi connectivity index (χ3v) is 4.68. The number of aliphatic hydroxyl groups is 1. The molecule has 8 heteroatoms. The minimum absolute atomic E-state index is 0.0193. The van der Waals surface area contributed by atoms with Crippen molar-refractivity contribution < 1.29 is 14.6 Å². The van der Waals surface area contributed by atoms with Gasteiger partial charge in [0.05, 0.1) is 13.7 Å². The molecule has 0 unspecified atom stereocenters. The van der Waals surface area contributed by atoms with Crippen LogP contribution in [0.3, 0.4) is 0 Å². The lowest BCUT2D eigenvalue weighted by Crippen LogP contribution is -2.28. The third-order valence-electron chi connectivity index (χ3n) is 4.68. The predicted octanol–water partition coefficient (Wildman–Crippen LogP) is 2.64. The highest BCUT2D eigenvalue weighted by molar-refractivity contribution is 5.79. The maximum absolute atomic E-state index is 13.2. The Labute approximate surface area is 181 Å². The normalized spacial score (nSPS) is 11.5. The van der Waals surface area contributed by atoms with Crippen LogP contribution in [0.1, 0.15) is 32.8 Å². The van der Waals surface area contributed by atoms with Crippen LogP contribution in [0, 0.1) is 5.41 Å². The van der Waals surface area contributed by atoms with Gasteiger partial charge in [0, 0.05) is 24.8 Å². The summed E-state index contributed by atoms with van der Waals surface area (Å²) >= 11 is 0. The summed E-state index contributed by atoms with van der Waals surface area (Å²) in [6.45, 7) is 5.89. The van der Waals surface area contributed by atoms with Gasteiger partial charge in [-0.3, -0.25) is 9.36 Å². The molecule has 2 heterocycles. The molecule has 0 saturated heterocycles. The Balaban J connectivity index is 2.08. The Morgan fingerprint density at radius 1 is 1.19 bits per heavy atom. The Kier molecular flexibility index (Phi) is 6.70. The van der Waals surface area contributed by atoms with E-state index in [1.165, 1.54) is 9.25 Å². The summed E-state index contributed by atoms with van der Waals surface area (Å²) in [5.41, 5.74) is 0.891. The molecule has 31 heavy (non-hydrogen) atoms. The van der Waals surface area contributed by atoms with E-state index in [2.05, 4.69) is 10.1 Å². The number of rotatable bonds is 8. The topological polar surface area (TPSA) is 99.2 Å². The first-order chi connectivity index (χ1) is 14.7. The molecule has 164 valence electrons. The molecule has 3 rings (SSSR count). The molecule has 0 amide bonds. The molecule has 8 nitrogen and oxygen atoms in total. The van der Waals surface area contributed by atoms with E-state index in [4.69, 9.17) is 9.84 Å². The van der Waals surface area contributed by atoms with Gasteiger partial charge in [-0.25, -0.2) is 9.78 Å². The van der Waals surface area contributed by atoms with Crippen molar-refractivity contribution in [2.24, 2.45) is 5.41 Å². The summed E-state index contributed by atoms with van der Waals surface area (Å²) in [4.78, 5) is 30.2. The molecule has 1 aromatic carbocycles. The van der Waals surface area contributed by atoms with Crippen molar-refractivity contribution in [2.75, 3.05) is 13.7 Å². The van der Waals surface area contributed by atoms with Crippen LogP contribution in [-0.4, -0.2) is 43.9 Å². The summed E-state index contributed by atoms with van der Waals surface area (Å²) < 4.78 is 7.88. The highest BCUT2D eigenvalue weighted by atomic mass is 16.5. The molecule has 1 N–H and O–H groups in total. The highest BCUT2D eigenvalue weighted by Gasteiger charge is 2.22. The molecule has 0 bridgehead atoms. The fourth-order valence-corrected chi connectivity index (χ4v) is 3.31. The smallest absolute Gasteiger partial charge is 0.352 e. The van der Waals surface area contributed by atoms with Gasteiger partial charge < -0.3 is 9.84 Å². The van der Waals surface area contributed by atoms with Crippen molar-refractivity contribution in [3.05, 3.63) is 58.6 Å². The van der Waals surface area contributed by atoms with Gasteiger partial charge in [0.2, 0.25) is 0 Å². The zero-order chi connectivity index (χ0) is 22.6. The Morgan fingerprint density at radius 2 is 1.97 bits per heavy atom. The molecule has 3 aromatic rings. The number of Topliss-reactive ketones (excluding diaryl/α,β-unsaturated/α-hetero) is 1. The molecule has 0 aliphatic rings. The summed E-state index contributed by atoms with van der Waals surface area (Å²) in [6, 6.07) is 10.7. The van der Waals surface area contributed by atoms with E-state index in [0.29, 0.717) is 35.8 Å². The van der Waals surface area contributed by atoms with Gasteiger partial charge in [-0.1, -0.05) is 39.0 Å². The molecular formula is C23H28N4O4. The molecule has 0 spiro atoms. The SMILES string of the molecule is COc1cccc(-c2nn(-c3ccc(CCO)cn3)c(=O)n2CC(=O)CC(C)(C)C)c1. The summed E-state index contributed by atoms with van der Waals surface area (Å²) in [7, 11) is 1.56. The highest BCUT2D eigenvalue weighted by Crippen LogP contribution is 2.23. The number of benzene rings is 1. The zero-order valence-electron chi connectivity index (χ0n) is 18.3. The first-order valence-corrected chi connectivity index (χ1v) is 10.1. The van der Waals surface area contributed by atoms with Crippen molar-refractivity contribution in [3.63, 3.8) is 0 Å². The summed E-state index contributed by atoms with van der Waals surface area (Å²) in [5, 5.41) is 13.6. The number of aromatic nitrogens is 4. The number of carbonyl (C=O) groups is 1. The van der Waals surface area contributed by atoms with E-state index in [9.17, 15) is 9.59 Å². The van der Waals surface area contributed by atoms with Crippen molar-refractivity contribution in [1.82, 2.24) is 19.3 Å². The van der Waals surface area contributed by atoms with E-state index in [1.807, 2.05) is 26.8 Å². The zero-order valence-corrected chi connectivity index (χ0v) is 18.3. The number of aliphatic hydroxyl groups excluding tert-OH is 1. The molecular weight excluding hydrogens is 396 g/mol. The maximum Gasteiger partial charge on any atom is 0.352 e. The molecule has 0 aliphatic heterocycles. The largest absolute Gasteiger partial charge is 0.497 e. The number of methoxy groups -OCH3 is 1. The first kappa shape index (κ1) is 22.4. The second-order valence-electron chi connectivity index (χ2n) is 8.61. The predicted molar refractivity (Wildman–Crippen MR) is 117 cm³/mol. The molecule has 0 saturated carbocycles. The number of carbonyl (C=O) groups excluding carboxylic acids is 1. The Bertz CT molecular complexity index is 1110. The standard InChI is InChI=1S/C23H28N4O4/c1-23(2,3)13-18(29)15-26-21(17-6-5-7-19(12-17)31-4)25-27(22(26)30)20-9-8-16(10-11-28)14-24-20/h5-9,12,14,28H,10-11,13,15H2,1-4H3. The van der Waals surface area contributed by atoms with E-state index in [-0.39, 0.29) is 24.3 Å². The van der Waals surface area contributed by atoms with Crippen LogP contribution < -0.4 is 10.4 Å². The third kappa shape index (κ3) is 5.46. The number of hydrogen-bond donors (Lipinski definition) is 1. The van der Waals surface area contributed by atoms with E-state index < -0.39 is 5.69 Å². The van der Waals surface area contributed by atoms with Crippen LogP contribution >= 0.6 is 0 Å². The molecule has 2 aromatic heterocycles. The second kappa shape index (κ2) is 9.26. The number of nitrogens with zero attached hydrogens (tertiary/aromatic N) is 4. The van der Waals surface area contributed by atoms with Crippen molar-refractivity contribution in [2.45, 2.75) is 40.2 Å². The van der Waals surface area contributed by atoms with Gasteiger partial charge in [-0.2, -0.15) is 4.68 Å². The van der Waals surface area contributed by atoms with Gasteiger partial charge in [-0.05, 0) is 35.6 Å². The lowest BCUT2D eigenvalue weighted by atomic mass is 9.90. The number of hydrogen-bond acceptors (Lipinski definition) is 6. The van der Waals surface area contributed by atoms with Gasteiger partial charge in [-0.15, -0.1) is 5.10 Å². The molecule has 0 radical (unpaired) electrons. The molecule has 0 aliphatic carbocycles. The van der Waals surface area contributed by atoms with Gasteiger partial charge in [0.25, 0.3) is 0 Å². The quantitative estimate of drug-likeness (QED) is 0.597. The molecule has 0 atom stereocenters. The van der Waals surface area contributed by atoms with Crippen LogP contribution in [0.15, 0.2) is 47.4 Å². The minimum atomic E-state index is -0.442. The number of ether oxygens (including phenoxy) is 1. The average molecular weight is 425 g/mol. The van der Waals surface area contributed by atoms with Crippen LogP contribution in [-0.2, 0) is 17.8 Å². The summed E-state index contributed by atoms with van der Waals surface area (Å²) in [6.07, 6.45) is 2.43. The lowest BCUT2D eigenvalue weighted by molar-refractivity contribution is -0.121. The summed E-state index contributed by atoms with van der Waals surface area (Å²) in [5.74, 6) is 1.29. The van der Waals surface area contributed by atoms with Crippen LogP contribution in [0.5, 0.6) is 5.75 Å². The van der Waals surface area contributed by atoms with Gasteiger partial charge in [0.1, 0.15) is 5.75 Å². The monoisotopic (exact) mass is 424 g/mol. The van der Waals surface area contributed by atoms with Crippen molar-refractivity contribution >= 4 is 5.78 Å². The van der Waals surface area contributed by atoms with Crippen LogP contribution in [0.25, 0.3) is 17.2 Å². The fourth-order valence-electron chi connectivity index (χ4n) is 3.31. The first-order valence-electron chi connectivity index (χ1n) is 10.1. The van der Waals surface area contributed by atoms with Crippen LogP contribution in [0.2, 0.25) is 0 Å². The lowest BCUT2D eigenvalue weighted by Gasteiger charge is -2.17. The Morgan fingerprint density at radius 3 is 2.58 bits per heavy atom. The van der Waals surface area contributed by atoms with Gasteiger partial charge >= 0.3 is 5.69 Å². The van der Waals surface area contributed by atoms with Crippen LogP contribution in [0.4, 0.5) is 0 Å². The maximum atomic E-state index is 13.2. The number of ketones is 1. The van der Waals surface area contributed by atoms with E-state index in [1.54, 1.807) is 43.6 Å². The van der Waals surface area contributed by atoms with Gasteiger partial charge in [0.15, 0.2) is 17.4 Å². The average Bonchev–Trinajstić information content (AvgIpc) is 3.04. The van der Waals surface area contributed by atoms with E-state index in [0.717, 1.165) is 5.56 Å². The second-order valence-corrected chi connectivity index (χ2v) is 8.61. The van der Waals surface area contributed by atoms with E-state index >= 15 is 0 Å². The van der Waals surface area contributed by atoms with Crippen molar-refractivity contribution in [3.8, 4) is 23.0 Å². The van der Waals surface area contributed by atoms with Crippen molar-refractivity contribution in [1.29, 1.82) is 0 Å². The minimum Gasteiger partial charge on any atom is -0.497 e.